The third-order valence-electron chi connectivity index (χ3n) is 13.0. The highest BCUT2D eigenvalue weighted by atomic mass is 16.3. The molecule has 64 heavy (non-hydrogen) atoms. The minimum atomic E-state index is -1.02. The topological polar surface area (TPSA) is 220 Å². The van der Waals surface area contributed by atoms with E-state index >= 15 is 0 Å². The molecule has 0 aromatic rings. The van der Waals surface area contributed by atoms with Crippen molar-refractivity contribution >= 4 is 0 Å². The molecule has 0 spiro atoms. The second-order valence-electron chi connectivity index (χ2n) is 19.5. The maximum Gasteiger partial charge on any atom is 0.0971 e. The van der Waals surface area contributed by atoms with Crippen molar-refractivity contribution in [1.82, 2.24) is 0 Å². The number of hydrogen-bond donors (Lipinski definition) is 10. The first-order chi connectivity index (χ1) is 31.1. The van der Waals surface area contributed by atoms with Crippen LogP contribution in [0.4, 0.5) is 0 Å². The summed E-state index contributed by atoms with van der Waals surface area (Å²) in [5.74, 6) is 0. The van der Waals surface area contributed by atoms with Crippen molar-refractivity contribution in [1.29, 1.82) is 0 Å². The molecule has 0 rings (SSSR count). The summed E-state index contributed by atoms with van der Waals surface area (Å²) in [4.78, 5) is 0. The van der Waals surface area contributed by atoms with Gasteiger partial charge in [0.25, 0.3) is 0 Å². The molecule has 0 aromatic carbocycles. The fraction of sp³-hybridized carbons (Fsp3) is 1.00. The van der Waals surface area contributed by atoms with Crippen molar-refractivity contribution in [2.45, 2.75) is 327 Å². The van der Waals surface area contributed by atoms with E-state index < -0.39 is 42.5 Å². The van der Waals surface area contributed by atoms with Crippen LogP contribution in [-0.4, -0.2) is 98.1 Å². The number of aliphatic hydroxyl groups is 7. The minimum absolute atomic E-state index is 0.125. The lowest BCUT2D eigenvalue weighted by atomic mass is 10.00. The zero-order valence-corrected chi connectivity index (χ0v) is 43.0. The summed E-state index contributed by atoms with van der Waals surface area (Å²) >= 11 is 0. The summed E-state index contributed by atoms with van der Waals surface area (Å²) in [7, 11) is 0. The number of rotatable bonds is 48. The summed E-state index contributed by atoms with van der Waals surface area (Å²) < 4.78 is 0. The molecular formula is C54H117N3O7. The SMILES string of the molecule is CCCCCCCCCCCCCCC(O)C(O)C(N)CO.CCCCCCCCCCCCCCCC(O)C(N)CO.CCCCCCCCCCCCCCCC(O)C(N)CO. The Morgan fingerprint density at radius 3 is 0.609 bits per heavy atom. The third kappa shape index (κ3) is 52.6. The maximum absolute atomic E-state index is 9.74. The van der Waals surface area contributed by atoms with Crippen LogP contribution in [0.2, 0.25) is 0 Å². The van der Waals surface area contributed by atoms with E-state index in [2.05, 4.69) is 20.8 Å². The summed E-state index contributed by atoms with van der Waals surface area (Å²) in [6.07, 6.45) is 49.1. The van der Waals surface area contributed by atoms with E-state index in [1.165, 1.54) is 218 Å². The zero-order valence-electron chi connectivity index (χ0n) is 43.0. The van der Waals surface area contributed by atoms with Gasteiger partial charge in [-0.25, -0.2) is 0 Å². The molecular weight excluding hydrogens is 803 g/mol. The smallest absolute Gasteiger partial charge is 0.0971 e. The van der Waals surface area contributed by atoms with E-state index in [4.69, 9.17) is 32.5 Å². The average Bonchev–Trinajstić information content (AvgIpc) is 3.31. The predicted octanol–water partition coefficient (Wildman–Crippen LogP) is 11.4. The Balaban J connectivity index is -0.000000872. The number of aliphatic hydroxyl groups excluding tert-OH is 7. The van der Waals surface area contributed by atoms with Crippen molar-refractivity contribution < 1.29 is 35.7 Å². The molecule has 0 aliphatic rings. The summed E-state index contributed by atoms with van der Waals surface area (Å²) in [6, 6.07) is -1.68. The Bertz CT molecular complexity index is 790. The molecule has 0 amide bonds. The van der Waals surface area contributed by atoms with Gasteiger partial charge in [0.2, 0.25) is 0 Å². The van der Waals surface area contributed by atoms with Crippen molar-refractivity contribution in [3.05, 3.63) is 0 Å². The molecule has 0 radical (unpaired) electrons. The van der Waals surface area contributed by atoms with Crippen LogP contribution >= 0.6 is 0 Å². The predicted molar refractivity (Wildman–Crippen MR) is 276 cm³/mol. The number of hydrogen-bond acceptors (Lipinski definition) is 10. The van der Waals surface area contributed by atoms with Gasteiger partial charge in [-0.2, -0.15) is 0 Å². The summed E-state index contributed by atoms with van der Waals surface area (Å²) in [6.45, 7) is 6.24. The molecule has 10 nitrogen and oxygen atoms in total. The Morgan fingerprint density at radius 1 is 0.250 bits per heavy atom. The molecule has 7 unspecified atom stereocenters. The second kappa shape index (κ2) is 56.9. The first kappa shape index (κ1) is 67.9. The highest BCUT2D eigenvalue weighted by Gasteiger charge is 2.22. The number of unbranched alkanes of at least 4 members (excludes halogenated alkanes) is 35. The van der Waals surface area contributed by atoms with Gasteiger partial charge in [-0.15, -0.1) is 0 Å². The molecule has 10 heteroatoms. The van der Waals surface area contributed by atoms with E-state index in [9.17, 15) is 20.4 Å². The molecule has 0 aromatic heterocycles. The van der Waals surface area contributed by atoms with Crippen LogP contribution in [0.3, 0.4) is 0 Å². The van der Waals surface area contributed by atoms with Crippen molar-refractivity contribution in [2.75, 3.05) is 19.8 Å². The first-order valence-electron chi connectivity index (χ1n) is 27.9. The molecule has 0 aliphatic carbocycles. The van der Waals surface area contributed by atoms with Gasteiger partial charge in [0.1, 0.15) is 0 Å². The van der Waals surface area contributed by atoms with Crippen LogP contribution in [0.25, 0.3) is 0 Å². The zero-order chi connectivity index (χ0) is 48.2. The summed E-state index contributed by atoms with van der Waals surface area (Å²) in [5.41, 5.74) is 16.6. The van der Waals surface area contributed by atoms with Crippen molar-refractivity contribution in [2.24, 2.45) is 17.2 Å². The van der Waals surface area contributed by atoms with Gasteiger partial charge in [-0.3, -0.25) is 0 Å². The van der Waals surface area contributed by atoms with E-state index in [0.29, 0.717) is 6.42 Å². The summed E-state index contributed by atoms with van der Waals surface area (Å²) in [5, 5.41) is 65.1. The normalized spacial score (nSPS) is 14.8. The van der Waals surface area contributed by atoms with Crippen LogP contribution in [0.1, 0.15) is 284 Å². The quantitative estimate of drug-likeness (QED) is 0.0260. The van der Waals surface area contributed by atoms with Gasteiger partial charge in [-0.05, 0) is 19.3 Å². The fourth-order valence-electron chi connectivity index (χ4n) is 8.17. The molecule has 0 saturated carbocycles. The van der Waals surface area contributed by atoms with E-state index in [0.717, 1.165) is 38.5 Å². The Kier molecular flexibility index (Phi) is 60.4. The van der Waals surface area contributed by atoms with Crippen LogP contribution < -0.4 is 17.2 Å². The van der Waals surface area contributed by atoms with Gasteiger partial charge >= 0.3 is 0 Å². The monoisotopic (exact) mass is 920 g/mol. The molecule has 0 heterocycles. The van der Waals surface area contributed by atoms with Crippen LogP contribution in [-0.2, 0) is 0 Å². The van der Waals surface area contributed by atoms with E-state index in [1.807, 2.05) is 0 Å². The maximum atomic E-state index is 9.74. The van der Waals surface area contributed by atoms with Gasteiger partial charge in [0.05, 0.1) is 62.4 Å². The molecule has 13 N–H and O–H groups in total. The lowest BCUT2D eigenvalue weighted by molar-refractivity contribution is -0.0121. The Labute approximate surface area is 398 Å². The van der Waals surface area contributed by atoms with E-state index in [1.54, 1.807) is 0 Å². The van der Waals surface area contributed by atoms with Crippen LogP contribution in [0.5, 0.6) is 0 Å². The second-order valence-corrected chi connectivity index (χ2v) is 19.5. The largest absolute Gasteiger partial charge is 0.395 e. The Morgan fingerprint density at radius 2 is 0.422 bits per heavy atom. The van der Waals surface area contributed by atoms with Gasteiger partial charge in [0, 0.05) is 0 Å². The molecule has 7 atom stereocenters. The molecule has 0 fully saturated rings. The molecule has 0 bridgehead atoms. The molecule has 390 valence electrons. The van der Waals surface area contributed by atoms with Crippen LogP contribution in [0.15, 0.2) is 0 Å². The lowest BCUT2D eigenvalue weighted by Crippen LogP contribution is -2.45. The van der Waals surface area contributed by atoms with Crippen LogP contribution in [0, 0.1) is 0 Å². The van der Waals surface area contributed by atoms with Crippen molar-refractivity contribution in [3.8, 4) is 0 Å². The van der Waals surface area contributed by atoms with Gasteiger partial charge < -0.3 is 52.9 Å². The average molecular weight is 921 g/mol. The highest BCUT2D eigenvalue weighted by molar-refractivity contribution is 4.78. The molecule has 0 aliphatic heterocycles. The van der Waals surface area contributed by atoms with E-state index in [-0.39, 0.29) is 19.8 Å². The third-order valence-corrected chi connectivity index (χ3v) is 13.0. The van der Waals surface area contributed by atoms with Gasteiger partial charge in [-0.1, -0.05) is 265 Å². The minimum Gasteiger partial charge on any atom is -0.395 e. The number of nitrogens with two attached hydrogens (primary N) is 3. The highest BCUT2D eigenvalue weighted by Crippen LogP contribution is 2.17. The van der Waals surface area contributed by atoms with Crippen molar-refractivity contribution in [3.63, 3.8) is 0 Å². The molecule has 0 saturated heterocycles. The fourth-order valence-corrected chi connectivity index (χ4v) is 8.17. The lowest BCUT2D eigenvalue weighted by Gasteiger charge is -2.22. The Hall–Kier alpha value is -0.400. The first-order valence-corrected chi connectivity index (χ1v) is 27.9. The standard InChI is InChI=1S/C18H39NO3.2C18H39NO2/c1-2-3-4-5-6-7-8-9-10-11-12-13-14-17(21)18(22)16(19)15-20;2*1-2-3-4-5-6-7-8-9-10-11-12-13-14-15-18(21)17(19)16-20/h16-18,20-22H,2-15,19H2,1H3;2*17-18,20-21H,2-16,19H2,1H3. The van der Waals surface area contributed by atoms with Gasteiger partial charge in [0.15, 0.2) is 0 Å².